The van der Waals surface area contributed by atoms with Gasteiger partial charge in [-0.2, -0.15) is 0 Å². The Balaban J connectivity index is 1.80. The minimum absolute atomic E-state index is 0.0657. The topological polar surface area (TPSA) is 58.6 Å². The van der Waals surface area contributed by atoms with Crippen LogP contribution in [-0.4, -0.2) is 37.0 Å². The maximum absolute atomic E-state index is 13.8. The molecule has 2 amide bonds. The highest BCUT2D eigenvalue weighted by molar-refractivity contribution is 7.10. The number of fused-ring (bicyclic) bond motifs is 1. The number of carbonyl (C=O) groups is 2. The number of amides is 2. The molecule has 1 aliphatic heterocycles. The summed E-state index contributed by atoms with van der Waals surface area (Å²) in [5, 5.41) is 5.13. The van der Waals surface area contributed by atoms with Crippen LogP contribution in [0, 0.1) is 0 Å². The van der Waals surface area contributed by atoms with E-state index in [1.165, 1.54) is 0 Å². The zero-order chi connectivity index (χ0) is 21.8. The Morgan fingerprint density at radius 1 is 1.10 bits per heavy atom. The molecule has 1 aliphatic rings. The number of thiophene rings is 1. The van der Waals surface area contributed by atoms with Crippen LogP contribution in [0.1, 0.15) is 45.2 Å². The number of aryl methyl sites for hydroxylation is 1. The Labute approximate surface area is 186 Å². The fraction of sp³-hybridized carbons (Fsp3) is 0.280. The highest BCUT2D eigenvalue weighted by Gasteiger charge is 2.44. The van der Waals surface area contributed by atoms with Crippen molar-refractivity contribution in [3.05, 3.63) is 87.6 Å². The van der Waals surface area contributed by atoms with E-state index >= 15 is 0 Å². The second-order valence-electron chi connectivity index (χ2n) is 7.52. The van der Waals surface area contributed by atoms with E-state index in [-0.39, 0.29) is 17.9 Å². The number of nitrogens with zero attached hydrogens (tertiary/aromatic N) is 1. The summed E-state index contributed by atoms with van der Waals surface area (Å²) >= 11 is 1.56. The molecule has 2 atom stereocenters. The molecule has 0 bridgehead atoms. The van der Waals surface area contributed by atoms with Crippen LogP contribution in [0.2, 0.25) is 0 Å². The first-order valence-corrected chi connectivity index (χ1v) is 11.3. The van der Waals surface area contributed by atoms with E-state index in [0.29, 0.717) is 18.7 Å². The second-order valence-corrected chi connectivity index (χ2v) is 8.50. The smallest absolute Gasteiger partial charge is 0.254 e. The Kier molecular flexibility index (Phi) is 6.49. The first-order valence-electron chi connectivity index (χ1n) is 10.5. The fourth-order valence-corrected chi connectivity index (χ4v) is 5.12. The SMILES string of the molecule is CCc1ccccc1NC(=O)C1c2ccccc2C(=O)N(CCOC)C1c1cccs1. The van der Waals surface area contributed by atoms with Crippen LogP contribution in [0.15, 0.2) is 66.0 Å². The summed E-state index contributed by atoms with van der Waals surface area (Å²) < 4.78 is 5.28. The molecule has 2 unspecified atom stereocenters. The standard InChI is InChI=1S/C25H26N2O3S/c1-3-17-9-4-7-12-20(17)26-24(28)22-18-10-5-6-11-19(18)25(29)27(14-15-30-2)23(22)21-13-8-16-31-21/h4-13,16,22-23H,3,14-15H2,1-2H3,(H,26,28). The number of ether oxygens (including phenoxy) is 1. The van der Waals surface area contributed by atoms with E-state index in [4.69, 9.17) is 4.74 Å². The molecule has 1 N–H and O–H groups in total. The molecule has 6 heteroatoms. The van der Waals surface area contributed by atoms with Crippen molar-refractivity contribution in [2.24, 2.45) is 0 Å². The molecule has 2 aromatic carbocycles. The van der Waals surface area contributed by atoms with E-state index in [1.54, 1.807) is 23.3 Å². The first kappa shape index (κ1) is 21.3. The van der Waals surface area contributed by atoms with Gasteiger partial charge in [-0.1, -0.05) is 49.4 Å². The molecule has 31 heavy (non-hydrogen) atoms. The number of benzene rings is 2. The summed E-state index contributed by atoms with van der Waals surface area (Å²) in [5.74, 6) is -0.694. The van der Waals surface area contributed by atoms with Gasteiger partial charge < -0.3 is 15.0 Å². The summed E-state index contributed by atoms with van der Waals surface area (Å²) in [5.41, 5.74) is 3.25. The lowest BCUT2D eigenvalue weighted by Gasteiger charge is -2.41. The van der Waals surface area contributed by atoms with Crippen LogP contribution in [0.25, 0.3) is 0 Å². The zero-order valence-electron chi connectivity index (χ0n) is 17.7. The highest BCUT2D eigenvalue weighted by atomic mass is 32.1. The predicted octanol–water partition coefficient (Wildman–Crippen LogP) is 4.88. The molecule has 0 saturated heterocycles. The van der Waals surface area contributed by atoms with E-state index < -0.39 is 5.92 Å². The lowest BCUT2D eigenvalue weighted by atomic mass is 9.81. The van der Waals surface area contributed by atoms with E-state index in [9.17, 15) is 9.59 Å². The van der Waals surface area contributed by atoms with Crippen molar-refractivity contribution >= 4 is 28.8 Å². The van der Waals surface area contributed by atoms with Crippen molar-refractivity contribution in [2.75, 3.05) is 25.6 Å². The summed E-state index contributed by atoms with van der Waals surface area (Å²) in [6, 6.07) is 18.9. The van der Waals surface area contributed by atoms with Gasteiger partial charge in [0.1, 0.15) is 0 Å². The normalized spacial score (nSPS) is 18.0. The van der Waals surface area contributed by atoms with Crippen LogP contribution in [0.4, 0.5) is 5.69 Å². The largest absolute Gasteiger partial charge is 0.383 e. The quantitative estimate of drug-likeness (QED) is 0.577. The number of anilines is 1. The molecule has 1 aromatic heterocycles. The Morgan fingerprint density at radius 2 is 1.87 bits per heavy atom. The van der Waals surface area contributed by atoms with Crippen LogP contribution >= 0.6 is 11.3 Å². The second kappa shape index (κ2) is 9.45. The number of hydrogen-bond acceptors (Lipinski definition) is 4. The third-order valence-electron chi connectivity index (χ3n) is 5.75. The molecule has 0 saturated carbocycles. The van der Waals surface area contributed by atoms with Gasteiger partial charge in [-0.05, 0) is 41.1 Å². The molecule has 160 valence electrons. The van der Waals surface area contributed by atoms with Crippen molar-refractivity contribution in [3.8, 4) is 0 Å². The molecule has 3 aromatic rings. The lowest BCUT2D eigenvalue weighted by molar-refractivity contribution is -0.119. The number of hydrogen-bond donors (Lipinski definition) is 1. The van der Waals surface area contributed by atoms with E-state index in [1.807, 2.05) is 66.0 Å². The number of rotatable bonds is 7. The van der Waals surface area contributed by atoms with Gasteiger partial charge in [0, 0.05) is 29.8 Å². The van der Waals surface area contributed by atoms with Crippen molar-refractivity contribution in [1.29, 1.82) is 0 Å². The highest BCUT2D eigenvalue weighted by Crippen LogP contribution is 2.44. The molecule has 0 radical (unpaired) electrons. The van der Waals surface area contributed by atoms with Crippen LogP contribution in [0.3, 0.4) is 0 Å². The van der Waals surface area contributed by atoms with Crippen molar-refractivity contribution in [3.63, 3.8) is 0 Å². The maximum Gasteiger partial charge on any atom is 0.254 e. The Morgan fingerprint density at radius 3 is 2.61 bits per heavy atom. The monoisotopic (exact) mass is 434 g/mol. The van der Waals surface area contributed by atoms with E-state index in [0.717, 1.165) is 28.1 Å². The number of nitrogens with one attached hydrogen (secondary N) is 1. The van der Waals surface area contributed by atoms with Gasteiger partial charge in [0.15, 0.2) is 0 Å². The molecule has 0 fully saturated rings. The maximum atomic E-state index is 13.8. The summed E-state index contributed by atoms with van der Waals surface area (Å²) in [6.07, 6.45) is 0.824. The predicted molar refractivity (Wildman–Crippen MR) is 124 cm³/mol. The number of carbonyl (C=O) groups excluding carboxylic acids is 2. The van der Waals surface area contributed by atoms with Crippen molar-refractivity contribution in [2.45, 2.75) is 25.3 Å². The molecular formula is C25H26N2O3S. The van der Waals surface area contributed by atoms with Gasteiger partial charge in [0.2, 0.25) is 5.91 Å². The minimum Gasteiger partial charge on any atom is -0.383 e. The number of methoxy groups -OCH3 is 1. The summed E-state index contributed by atoms with van der Waals surface area (Å²) in [6.45, 7) is 2.89. The van der Waals surface area contributed by atoms with Crippen molar-refractivity contribution in [1.82, 2.24) is 4.90 Å². The van der Waals surface area contributed by atoms with Gasteiger partial charge in [-0.3, -0.25) is 9.59 Å². The van der Waals surface area contributed by atoms with Gasteiger partial charge in [-0.15, -0.1) is 11.3 Å². The van der Waals surface area contributed by atoms with Crippen LogP contribution in [-0.2, 0) is 16.0 Å². The van der Waals surface area contributed by atoms with Gasteiger partial charge in [-0.25, -0.2) is 0 Å². The summed E-state index contributed by atoms with van der Waals surface area (Å²) in [4.78, 5) is 29.9. The van der Waals surface area contributed by atoms with Crippen LogP contribution in [0.5, 0.6) is 0 Å². The van der Waals surface area contributed by atoms with Crippen LogP contribution < -0.4 is 5.32 Å². The zero-order valence-corrected chi connectivity index (χ0v) is 18.5. The molecule has 2 heterocycles. The van der Waals surface area contributed by atoms with Gasteiger partial charge in [0.05, 0.1) is 18.6 Å². The average molecular weight is 435 g/mol. The van der Waals surface area contributed by atoms with Gasteiger partial charge in [0.25, 0.3) is 5.91 Å². The Bertz CT molecular complexity index is 1060. The first-order chi connectivity index (χ1) is 15.2. The van der Waals surface area contributed by atoms with Crippen molar-refractivity contribution < 1.29 is 14.3 Å². The number of para-hydroxylation sites is 1. The Hall–Kier alpha value is -2.96. The minimum atomic E-state index is -0.519. The summed E-state index contributed by atoms with van der Waals surface area (Å²) in [7, 11) is 1.62. The lowest BCUT2D eigenvalue weighted by Crippen LogP contribution is -2.47. The third kappa shape index (κ3) is 4.13. The molecular weight excluding hydrogens is 408 g/mol. The fourth-order valence-electron chi connectivity index (χ4n) is 4.25. The molecule has 0 aliphatic carbocycles. The average Bonchev–Trinajstić information content (AvgIpc) is 3.33. The molecule has 0 spiro atoms. The molecule has 4 rings (SSSR count). The van der Waals surface area contributed by atoms with Gasteiger partial charge >= 0.3 is 0 Å². The van der Waals surface area contributed by atoms with E-state index in [2.05, 4.69) is 12.2 Å². The third-order valence-corrected chi connectivity index (χ3v) is 6.69. The molecule has 5 nitrogen and oxygen atoms in total.